The van der Waals surface area contributed by atoms with Crippen LogP contribution in [0.5, 0.6) is 0 Å². The van der Waals surface area contributed by atoms with Crippen LogP contribution in [0.2, 0.25) is 0 Å². The van der Waals surface area contributed by atoms with Gasteiger partial charge in [-0.05, 0) is 6.42 Å². The largest absolute Gasteiger partial charge is 0.269 e. The average molecular weight is 151 g/mol. The molecule has 0 N–H and O–H groups in total. The maximum absolute atomic E-state index is 5.23. The number of alkyl halides is 1. The van der Waals surface area contributed by atoms with Crippen LogP contribution in [0.15, 0.2) is 12.7 Å². The monoisotopic (exact) mass is 150 g/mol. The molecule has 0 aliphatic rings. The molecule has 0 aromatic rings. The Labute approximate surface area is 51.6 Å². The van der Waals surface area contributed by atoms with Crippen molar-refractivity contribution in [2.75, 3.05) is 5.88 Å². The molecular weight excluding hydrogens is 140 g/mol. The molecule has 0 nitrogen and oxygen atoms in total. The first-order valence-electron chi connectivity index (χ1n) is 1.58. The number of hydrogen-bond donors (Lipinski definition) is 0. The van der Waals surface area contributed by atoms with E-state index in [4.69, 9.17) is 11.6 Å². The lowest BCUT2D eigenvalue weighted by atomic mass is 10.5. The van der Waals surface area contributed by atoms with Crippen LogP contribution >= 0.6 is 11.6 Å². The van der Waals surface area contributed by atoms with E-state index in [9.17, 15) is 0 Å². The molecule has 0 unspecified atom stereocenters. The van der Waals surface area contributed by atoms with E-state index in [1.165, 1.54) is 0 Å². The van der Waals surface area contributed by atoms with Crippen molar-refractivity contribution in [2.24, 2.45) is 0 Å². The number of rotatable bonds is 2. The fraction of sp³-hybridized carbons (Fsp3) is 0.500. The van der Waals surface area contributed by atoms with E-state index in [2.05, 4.69) is 6.58 Å². The Hall–Kier alpha value is -0.180. The molecule has 0 radical (unpaired) electrons. The lowest BCUT2D eigenvalue weighted by Gasteiger charge is -1.70. The van der Waals surface area contributed by atoms with Gasteiger partial charge >= 0.3 is 0 Å². The summed E-state index contributed by atoms with van der Waals surface area (Å²) in [6, 6.07) is 0. The highest BCUT2D eigenvalue weighted by Crippen LogP contribution is 1.80. The number of halogens is 4. The lowest BCUT2D eigenvalue weighted by Crippen LogP contribution is -1.59. The zero-order chi connectivity index (χ0) is 4.12. The third-order valence-electron chi connectivity index (χ3n) is 0.313. The van der Waals surface area contributed by atoms with Gasteiger partial charge in [0.25, 0.3) is 0 Å². The SMILES string of the molecule is C=CCCCl.F.F.F. The van der Waals surface area contributed by atoms with Gasteiger partial charge in [0.1, 0.15) is 0 Å². The van der Waals surface area contributed by atoms with E-state index in [0.29, 0.717) is 5.88 Å². The quantitative estimate of drug-likeness (QED) is 0.419. The van der Waals surface area contributed by atoms with Gasteiger partial charge in [0.05, 0.1) is 0 Å². The van der Waals surface area contributed by atoms with Crippen LogP contribution in [-0.2, 0) is 0 Å². The molecule has 0 aliphatic carbocycles. The van der Waals surface area contributed by atoms with Crippen LogP contribution in [0.3, 0.4) is 0 Å². The summed E-state index contributed by atoms with van der Waals surface area (Å²) in [6.45, 7) is 3.47. The zero-order valence-electron chi connectivity index (χ0n) is 4.30. The Morgan fingerprint density at radius 3 is 1.62 bits per heavy atom. The van der Waals surface area contributed by atoms with Crippen molar-refractivity contribution in [3.63, 3.8) is 0 Å². The summed E-state index contributed by atoms with van der Waals surface area (Å²) in [5.41, 5.74) is 0. The second kappa shape index (κ2) is 29.0. The summed E-state index contributed by atoms with van der Waals surface area (Å²) < 4.78 is 0. The van der Waals surface area contributed by atoms with Crippen LogP contribution in [0.4, 0.5) is 14.1 Å². The van der Waals surface area contributed by atoms with Gasteiger partial charge in [-0.3, -0.25) is 14.1 Å². The minimum absolute atomic E-state index is 0. The van der Waals surface area contributed by atoms with Crippen molar-refractivity contribution >= 4 is 11.6 Å². The van der Waals surface area contributed by atoms with Gasteiger partial charge in [0, 0.05) is 5.88 Å². The van der Waals surface area contributed by atoms with Crippen LogP contribution in [0.1, 0.15) is 6.42 Å². The predicted molar refractivity (Wildman–Crippen MR) is 33.0 cm³/mol. The molecule has 0 rings (SSSR count). The van der Waals surface area contributed by atoms with Gasteiger partial charge < -0.3 is 0 Å². The van der Waals surface area contributed by atoms with Crippen molar-refractivity contribution in [1.82, 2.24) is 0 Å². The molecule has 0 atom stereocenters. The van der Waals surface area contributed by atoms with Gasteiger partial charge in [-0.25, -0.2) is 0 Å². The van der Waals surface area contributed by atoms with Gasteiger partial charge in [-0.2, -0.15) is 0 Å². The lowest BCUT2D eigenvalue weighted by molar-refractivity contribution is 1.11. The van der Waals surface area contributed by atoms with Crippen LogP contribution in [0, 0.1) is 0 Å². The van der Waals surface area contributed by atoms with E-state index in [0.717, 1.165) is 6.42 Å². The maximum Gasteiger partial charge on any atom is 0.0257 e. The van der Waals surface area contributed by atoms with E-state index >= 15 is 0 Å². The summed E-state index contributed by atoms with van der Waals surface area (Å²) in [5, 5.41) is 0. The highest BCUT2D eigenvalue weighted by atomic mass is 35.5. The molecule has 0 heterocycles. The second-order valence-corrected chi connectivity index (χ2v) is 1.14. The molecule has 0 amide bonds. The van der Waals surface area contributed by atoms with Gasteiger partial charge in [-0.1, -0.05) is 6.08 Å². The normalized spacial score (nSPS) is 4.62. The highest BCUT2D eigenvalue weighted by Gasteiger charge is 1.64. The molecule has 0 aromatic carbocycles. The van der Waals surface area contributed by atoms with Gasteiger partial charge in [0.2, 0.25) is 0 Å². The molecule has 0 bridgehead atoms. The van der Waals surface area contributed by atoms with Crippen molar-refractivity contribution in [3.05, 3.63) is 12.7 Å². The molecule has 0 fully saturated rings. The van der Waals surface area contributed by atoms with Gasteiger partial charge in [-0.15, -0.1) is 18.2 Å². The minimum Gasteiger partial charge on any atom is -0.269 e. The summed E-state index contributed by atoms with van der Waals surface area (Å²) in [5.74, 6) is 0.698. The van der Waals surface area contributed by atoms with Crippen molar-refractivity contribution in [3.8, 4) is 0 Å². The molecule has 0 saturated heterocycles. The third kappa shape index (κ3) is 40.8. The Morgan fingerprint density at radius 2 is 1.62 bits per heavy atom. The molecule has 0 saturated carbocycles. The van der Waals surface area contributed by atoms with E-state index in [1.54, 1.807) is 6.08 Å². The first kappa shape index (κ1) is 24.9. The van der Waals surface area contributed by atoms with E-state index in [-0.39, 0.29) is 14.1 Å². The second-order valence-electron chi connectivity index (χ2n) is 0.766. The molecule has 0 aliphatic heterocycles. The fourth-order valence-electron chi connectivity index (χ4n) is 0.0772. The Bertz CT molecular complexity index is 32.5. The van der Waals surface area contributed by atoms with Crippen LogP contribution < -0.4 is 0 Å². The van der Waals surface area contributed by atoms with E-state index in [1.807, 2.05) is 0 Å². The smallest absolute Gasteiger partial charge is 0.0257 e. The molecule has 4 heteroatoms. The van der Waals surface area contributed by atoms with Gasteiger partial charge in [0.15, 0.2) is 0 Å². The fourth-order valence-corrected chi connectivity index (χ4v) is 0.231. The molecular formula is C4H10ClF3. The Morgan fingerprint density at radius 1 is 1.25 bits per heavy atom. The van der Waals surface area contributed by atoms with Crippen LogP contribution in [-0.4, -0.2) is 5.88 Å². The summed E-state index contributed by atoms with van der Waals surface area (Å²) in [4.78, 5) is 0. The Balaban J connectivity index is -0.0000000267. The minimum atomic E-state index is 0. The van der Waals surface area contributed by atoms with Crippen molar-refractivity contribution < 1.29 is 14.1 Å². The summed E-state index contributed by atoms with van der Waals surface area (Å²) in [7, 11) is 0. The zero-order valence-corrected chi connectivity index (χ0v) is 5.06. The van der Waals surface area contributed by atoms with Crippen LogP contribution in [0.25, 0.3) is 0 Å². The van der Waals surface area contributed by atoms with E-state index < -0.39 is 0 Å². The first-order valence-corrected chi connectivity index (χ1v) is 2.12. The highest BCUT2D eigenvalue weighted by molar-refractivity contribution is 6.17. The molecule has 0 spiro atoms. The third-order valence-corrected chi connectivity index (χ3v) is 0.531. The molecule has 54 valence electrons. The number of allylic oxidation sites excluding steroid dienone is 1. The van der Waals surface area contributed by atoms with Crippen molar-refractivity contribution in [1.29, 1.82) is 0 Å². The number of hydrogen-bond acceptors (Lipinski definition) is 0. The van der Waals surface area contributed by atoms with Crippen molar-refractivity contribution in [2.45, 2.75) is 6.42 Å². The topological polar surface area (TPSA) is 0 Å². The first-order chi connectivity index (χ1) is 2.41. The molecule has 8 heavy (non-hydrogen) atoms. The maximum atomic E-state index is 5.23. The summed E-state index contributed by atoms with van der Waals surface area (Å²) in [6.07, 6.45) is 2.72. The summed E-state index contributed by atoms with van der Waals surface area (Å²) >= 11 is 5.23. The standard InChI is InChI=1S/C4H7Cl.3FH/c1-2-3-4-5;;;/h2H,1,3-4H2;3*1H. The Kier molecular flexibility index (Phi) is 90.5. The predicted octanol–water partition coefficient (Wildman–Crippen LogP) is 2.26. The molecule has 0 aromatic heterocycles. The average Bonchev–Trinajstić information content (AvgIpc) is 1.41.